The van der Waals surface area contributed by atoms with Gasteiger partial charge >= 0.3 is 0 Å². The summed E-state index contributed by atoms with van der Waals surface area (Å²) < 4.78 is 11.3. The molecule has 4 nitrogen and oxygen atoms in total. The van der Waals surface area contributed by atoms with Crippen molar-refractivity contribution in [1.29, 1.82) is 0 Å². The van der Waals surface area contributed by atoms with Gasteiger partial charge in [0.25, 0.3) is 0 Å². The zero-order valence-corrected chi connectivity index (χ0v) is 15.4. The van der Waals surface area contributed by atoms with Gasteiger partial charge in [-0.3, -0.25) is 4.79 Å². The van der Waals surface area contributed by atoms with E-state index in [1.165, 1.54) is 0 Å². The lowest BCUT2D eigenvalue weighted by Crippen LogP contribution is -2.30. The van der Waals surface area contributed by atoms with Crippen molar-refractivity contribution in [2.75, 3.05) is 19.8 Å². The van der Waals surface area contributed by atoms with Crippen LogP contribution in [-0.4, -0.2) is 30.6 Å². The van der Waals surface area contributed by atoms with Gasteiger partial charge in [-0.2, -0.15) is 0 Å². The number of aryl methyl sites for hydroxylation is 1. The average molecular weight is 372 g/mol. The molecule has 1 unspecified atom stereocenters. The molecule has 1 saturated heterocycles. The normalized spacial score (nSPS) is 18.8. The molecule has 1 fully saturated rings. The van der Waals surface area contributed by atoms with Gasteiger partial charge in [-0.05, 0) is 54.7 Å². The monoisotopic (exact) mass is 371 g/mol. The van der Waals surface area contributed by atoms with Gasteiger partial charge in [0.2, 0.25) is 5.91 Å². The first-order chi connectivity index (χ1) is 12.7. The maximum atomic E-state index is 12.8. The lowest BCUT2D eigenvalue weighted by Gasteiger charge is -2.27. The van der Waals surface area contributed by atoms with Crippen LogP contribution in [0.25, 0.3) is 0 Å². The molecular formula is C21H22ClNO3. The molecule has 136 valence electrons. The van der Waals surface area contributed by atoms with Crippen LogP contribution in [0.3, 0.4) is 0 Å². The highest BCUT2D eigenvalue weighted by molar-refractivity contribution is 6.30. The van der Waals surface area contributed by atoms with Crippen molar-refractivity contribution in [3.05, 3.63) is 58.6 Å². The first kappa shape index (κ1) is 17.2. The third-order valence-corrected chi connectivity index (χ3v) is 5.28. The fourth-order valence-electron chi connectivity index (χ4n) is 3.77. The Bertz CT molecular complexity index is 808. The Hall–Kier alpha value is -2.20. The number of amides is 1. The summed E-state index contributed by atoms with van der Waals surface area (Å²) in [5.41, 5.74) is 2.23. The van der Waals surface area contributed by atoms with Crippen LogP contribution in [-0.2, 0) is 11.2 Å². The molecule has 26 heavy (non-hydrogen) atoms. The molecule has 2 aliphatic heterocycles. The third kappa shape index (κ3) is 3.65. The highest BCUT2D eigenvalue weighted by Crippen LogP contribution is 2.38. The van der Waals surface area contributed by atoms with Crippen LogP contribution in [0.1, 0.15) is 36.4 Å². The zero-order valence-electron chi connectivity index (χ0n) is 14.6. The number of fused-ring (bicyclic) bond motifs is 1. The first-order valence-electron chi connectivity index (χ1n) is 9.14. The van der Waals surface area contributed by atoms with Crippen LogP contribution in [0, 0.1) is 0 Å². The van der Waals surface area contributed by atoms with Gasteiger partial charge in [0.05, 0.1) is 6.04 Å². The van der Waals surface area contributed by atoms with E-state index in [-0.39, 0.29) is 11.9 Å². The largest absolute Gasteiger partial charge is 0.486 e. The Balaban J connectivity index is 1.45. The Morgan fingerprint density at radius 1 is 1.12 bits per heavy atom. The molecule has 5 heteroatoms. The average Bonchev–Trinajstić information content (AvgIpc) is 3.16. The second kappa shape index (κ2) is 7.58. The predicted molar refractivity (Wildman–Crippen MR) is 101 cm³/mol. The second-order valence-electron chi connectivity index (χ2n) is 6.78. The number of carbonyl (C=O) groups excluding carboxylic acids is 1. The summed E-state index contributed by atoms with van der Waals surface area (Å²) in [7, 11) is 0. The minimum atomic E-state index is 0.123. The zero-order chi connectivity index (χ0) is 17.9. The summed E-state index contributed by atoms with van der Waals surface area (Å²) in [6, 6.07) is 13.9. The van der Waals surface area contributed by atoms with Crippen LogP contribution >= 0.6 is 11.6 Å². The summed E-state index contributed by atoms with van der Waals surface area (Å²) in [4.78, 5) is 14.8. The summed E-state index contributed by atoms with van der Waals surface area (Å²) >= 11 is 6.03. The van der Waals surface area contributed by atoms with Crippen molar-refractivity contribution >= 4 is 17.5 Å². The van der Waals surface area contributed by atoms with Gasteiger partial charge in [-0.1, -0.05) is 29.8 Å². The van der Waals surface area contributed by atoms with Crippen molar-refractivity contribution in [2.45, 2.75) is 31.7 Å². The lowest BCUT2D eigenvalue weighted by atomic mass is 10.0. The fourth-order valence-corrected chi connectivity index (χ4v) is 3.98. The Kier molecular flexibility index (Phi) is 5.02. The Morgan fingerprint density at radius 2 is 1.96 bits per heavy atom. The van der Waals surface area contributed by atoms with Gasteiger partial charge in [-0.25, -0.2) is 0 Å². The smallest absolute Gasteiger partial charge is 0.223 e. The highest BCUT2D eigenvalue weighted by atomic mass is 35.5. The van der Waals surface area contributed by atoms with E-state index in [0.717, 1.165) is 42.0 Å². The predicted octanol–water partition coefficient (Wildman–Crippen LogP) is 4.41. The SMILES string of the molecule is O=C(CCc1cccc(Cl)c1)N1CCCC1c1ccc2c(c1)OCCO2. The quantitative estimate of drug-likeness (QED) is 0.799. The lowest BCUT2D eigenvalue weighted by molar-refractivity contribution is -0.132. The van der Waals surface area contributed by atoms with Crippen LogP contribution in [0.2, 0.25) is 5.02 Å². The highest BCUT2D eigenvalue weighted by Gasteiger charge is 2.30. The maximum absolute atomic E-state index is 12.8. The molecule has 4 rings (SSSR count). The molecule has 0 saturated carbocycles. The van der Waals surface area contributed by atoms with E-state index < -0.39 is 0 Å². The Morgan fingerprint density at radius 3 is 2.81 bits per heavy atom. The van der Waals surface area contributed by atoms with Gasteiger partial charge in [0.15, 0.2) is 11.5 Å². The minimum absolute atomic E-state index is 0.123. The molecule has 0 N–H and O–H groups in total. The molecule has 1 atom stereocenters. The number of halogens is 1. The van der Waals surface area contributed by atoms with E-state index in [1.54, 1.807) is 0 Å². The number of ether oxygens (including phenoxy) is 2. The second-order valence-corrected chi connectivity index (χ2v) is 7.21. The molecule has 0 radical (unpaired) electrons. The van der Waals surface area contributed by atoms with Gasteiger partial charge in [-0.15, -0.1) is 0 Å². The number of hydrogen-bond donors (Lipinski definition) is 0. The summed E-state index contributed by atoms with van der Waals surface area (Å²) in [5, 5.41) is 0.713. The molecule has 2 heterocycles. The standard InChI is InChI=1S/C21H22ClNO3/c22-17-4-1-3-15(13-17)6-9-21(24)23-10-2-5-18(23)16-7-8-19-20(14-16)26-12-11-25-19/h1,3-4,7-8,13-14,18H,2,5-6,9-12H2. The molecule has 0 aromatic heterocycles. The van der Waals surface area contributed by atoms with E-state index in [4.69, 9.17) is 21.1 Å². The Labute approximate surface area is 158 Å². The first-order valence-corrected chi connectivity index (χ1v) is 9.52. The molecule has 2 aliphatic rings. The molecule has 0 aliphatic carbocycles. The molecule has 2 aromatic rings. The van der Waals surface area contributed by atoms with Crippen LogP contribution in [0.15, 0.2) is 42.5 Å². The number of hydrogen-bond acceptors (Lipinski definition) is 3. The van der Waals surface area contributed by atoms with E-state index >= 15 is 0 Å². The van der Waals surface area contributed by atoms with Crippen molar-refractivity contribution < 1.29 is 14.3 Å². The molecular weight excluding hydrogens is 350 g/mol. The number of rotatable bonds is 4. The van der Waals surface area contributed by atoms with Gasteiger partial charge in [0, 0.05) is 18.0 Å². The number of likely N-dealkylation sites (tertiary alicyclic amines) is 1. The third-order valence-electron chi connectivity index (χ3n) is 5.04. The van der Waals surface area contributed by atoms with Gasteiger partial charge < -0.3 is 14.4 Å². The number of benzene rings is 2. The summed E-state index contributed by atoms with van der Waals surface area (Å²) in [6.07, 6.45) is 3.23. The van der Waals surface area contributed by atoms with Crippen molar-refractivity contribution in [2.24, 2.45) is 0 Å². The van der Waals surface area contributed by atoms with Gasteiger partial charge in [0.1, 0.15) is 13.2 Å². The fraction of sp³-hybridized carbons (Fsp3) is 0.381. The van der Waals surface area contributed by atoms with Crippen molar-refractivity contribution in [1.82, 2.24) is 4.90 Å². The van der Waals surface area contributed by atoms with Crippen LogP contribution in [0.4, 0.5) is 0 Å². The number of nitrogens with zero attached hydrogens (tertiary/aromatic N) is 1. The van der Waals surface area contributed by atoms with Crippen LogP contribution in [0.5, 0.6) is 11.5 Å². The van der Waals surface area contributed by atoms with E-state index in [1.807, 2.05) is 41.3 Å². The van der Waals surface area contributed by atoms with Crippen molar-refractivity contribution in [3.63, 3.8) is 0 Å². The van der Waals surface area contributed by atoms with E-state index in [9.17, 15) is 4.79 Å². The maximum Gasteiger partial charge on any atom is 0.223 e. The van der Waals surface area contributed by atoms with E-state index in [0.29, 0.717) is 31.1 Å². The summed E-state index contributed by atoms with van der Waals surface area (Å²) in [5.74, 6) is 1.77. The topological polar surface area (TPSA) is 38.8 Å². The molecule has 1 amide bonds. The minimum Gasteiger partial charge on any atom is -0.486 e. The molecule has 0 bridgehead atoms. The number of carbonyl (C=O) groups is 1. The van der Waals surface area contributed by atoms with Crippen LogP contribution < -0.4 is 9.47 Å². The van der Waals surface area contributed by atoms with E-state index in [2.05, 4.69) is 6.07 Å². The summed E-state index contributed by atoms with van der Waals surface area (Å²) in [6.45, 7) is 1.97. The molecule has 2 aromatic carbocycles. The molecule has 0 spiro atoms. The van der Waals surface area contributed by atoms with Crippen molar-refractivity contribution in [3.8, 4) is 11.5 Å².